The Hall–Kier alpha value is -6.14. The molecule has 10 atom stereocenters. The molecule has 0 spiro atoms. The zero-order chi connectivity index (χ0) is 46.3. The molecule has 24 heteroatoms. The van der Waals surface area contributed by atoms with E-state index < -0.39 is 163 Å². The monoisotopic (exact) mass is 902 g/mol. The van der Waals surface area contributed by atoms with E-state index in [4.69, 9.17) is 10.5 Å². The van der Waals surface area contributed by atoms with Crippen LogP contribution < -0.4 is 47.7 Å². The van der Waals surface area contributed by atoms with E-state index in [0.717, 1.165) is 4.90 Å². The molecule has 0 saturated carbocycles. The van der Waals surface area contributed by atoms with Crippen molar-refractivity contribution in [3.63, 3.8) is 0 Å². The molecule has 1 aromatic carbocycles. The van der Waals surface area contributed by atoms with Crippen LogP contribution in [0.1, 0.15) is 45.6 Å². The third kappa shape index (κ3) is 11.5. The van der Waals surface area contributed by atoms with Crippen molar-refractivity contribution < 1.29 is 62.3 Å². The first-order valence-electron chi connectivity index (χ1n) is 20.3. The molecule has 1 aromatic heterocycles. The van der Waals surface area contributed by atoms with Crippen molar-refractivity contribution in [3.05, 3.63) is 23.8 Å². The van der Waals surface area contributed by atoms with Gasteiger partial charge in [0, 0.05) is 43.4 Å². The van der Waals surface area contributed by atoms with Gasteiger partial charge in [0.2, 0.25) is 53.2 Å². The average Bonchev–Trinajstić information content (AvgIpc) is 3.82. The van der Waals surface area contributed by atoms with Crippen molar-refractivity contribution in [3.8, 4) is 5.75 Å². The maximum absolute atomic E-state index is 14.6. The predicted molar refractivity (Wildman–Crippen MR) is 221 cm³/mol. The van der Waals surface area contributed by atoms with E-state index in [1.54, 1.807) is 32.0 Å². The highest BCUT2D eigenvalue weighted by Crippen LogP contribution is 2.30. The van der Waals surface area contributed by atoms with Gasteiger partial charge < -0.3 is 67.8 Å². The number of carbonyl (C=O) groups excluding carboxylic acids is 9. The molecular weight excluding hydrogens is 849 g/mol. The molecule has 0 radical (unpaired) electrons. The van der Waals surface area contributed by atoms with E-state index in [0.29, 0.717) is 23.1 Å². The number of aliphatic hydroxyl groups excluding tert-OH is 2. The lowest BCUT2D eigenvalue weighted by atomic mass is 9.98. The first kappa shape index (κ1) is 47.9. The number of amides is 9. The van der Waals surface area contributed by atoms with E-state index in [9.17, 15) is 57.6 Å². The number of benzene rings is 1. The van der Waals surface area contributed by atoms with Gasteiger partial charge in [-0.3, -0.25) is 47.4 Å². The largest absolute Gasteiger partial charge is 0.497 e. The summed E-state index contributed by atoms with van der Waals surface area (Å²) in [6.07, 6.45) is -2.49. The molecule has 10 unspecified atom stereocenters. The number of fused-ring (bicyclic) bond motifs is 5. The molecule has 0 aliphatic carbocycles. The second kappa shape index (κ2) is 20.8. The Balaban J connectivity index is 1.73. The van der Waals surface area contributed by atoms with Gasteiger partial charge in [0.05, 0.1) is 54.8 Å². The lowest BCUT2D eigenvalue weighted by molar-refractivity contribution is -0.143. The first-order valence-corrected chi connectivity index (χ1v) is 21.7. The lowest BCUT2D eigenvalue weighted by Crippen LogP contribution is -2.61. The number of rotatable bonds is 7. The zero-order valence-electron chi connectivity index (χ0n) is 35.1. The second-order valence-electron chi connectivity index (χ2n) is 15.9. The summed E-state index contributed by atoms with van der Waals surface area (Å²) in [7, 11) is -0.898. The molecule has 2 aromatic rings. The Kier molecular flexibility index (Phi) is 15.8. The third-order valence-electron chi connectivity index (χ3n) is 11.3. The number of nitrogens with zero attached hydrogens (tertiary/aromatic N) is 1. The number of ether oxygens (including phenoxy) is 1. The fourth-order valence-electron chi connectivity index (χ4n) is 7.57. The van der Waals surface area contributed by atoms with Crippen LogP contribution in [0.2, 0.25) is 0 Å². The number of hydrogen-bond acceptors (Lipinski definition) is 13. The summed E-state index contributed by atoms with van der Waals surface area (Å²) in [6, 6.07) is -4.71. The summed E-state index contributed by atoms with van der Waals surface area (Å²) in [5.74, 6) is -10.5. The van der Waals surface area contributed by atoms with Crippen LogP contribution in [0.25, 0.3) is 10.9 Å². The number of nitrogens with one attached hydrogen (secondary N) is 8. The number of hydrogen-bond donors (Lipinski definition) is 11. The zero-order valence-corrected chi connectivity index (χ0v) is 35.9. The first-order chi connectivity index (χ1) is 29.8. The van der Waals surface area contributed by atoms with Gasteiger partial charge in [-0.25, -0.2) is 0 Å². The summed E-state index contributed by atoms with van der Waals surface area (Å²) in [5.41, 5.74) is 6.01. The van der Waals surface area contributed by atoms with Gasteiger partial charge in [-0.1, -0.05) is 27.2 Å². The molecular formula is C39H54N10O13S. The van der Waals surface area contributed by atoms with Crippen molar-refractivity contribution in [2.24, 2.45) is 17.6 Å². The van der Waals surface area contributed by atoms with Crippen LogP contribution in [0.4, 0.5) is 0 Å². The van der Waals surface area contributed by atoms with Crippen molar-refractivity contribution in [2.45, 2.75) is 93.8 Å². The Labute approximate surface area is 363 Å². The van der Waals surface area contributed by atoms with Gasteiger partial charge >= 0.3 is 0 Å². The maximum Gasteiger partial charge on any atom is 0.246 e. The molecule has 1 saturated heterocycles. The Bertz CT molecular complexity index is 2170. The fraction of sp³-hybridized carbons (Fsp3) is 0.564. The second-order valence-corrected chi connectivity index (χ2v) is 17.3. The predicted octanol–water partition coefficient (Wildman–Crippen LogP) is -4.98. The highest BCUT2D eigenvalue weighted by molar-refractivity contribution is 7.85. The van der Waals surface area contributed by atoms with Gasteiger partial charge in [0.15, 0.2) is 0 Å². The molecule has 4 heterocycles. The smallest absolute Gasteiger partial charge is 0.246 e. The summed E-state index contributed by atoms with van der Waals surface area (Å²) in [4.78, 5) is 127. The number of aromatic amines is 1. The van der Waals surface area contributed by atoms with Crippen molar-refractivity contribution in [1.82, 2.24) is 47.1 Å². The van der Waals surface area contributed by atoms with Gasteiger partial charge in [-0.05, 0) is 23.6 Å². The Morgan fingerprint density at radius 2 is 1.54 bits per heavy atom. The highest BCUT2D eigenvalue weighted by Gasteiger charge is 2.44. The number of H-pyrrole nitrogens is 1. The summed E-state index contributed by atoms with van der Waals surface area (Å²) >= 11 is 0. The van der Waals surface area contributed by atoms with Crippen LogP contribution in [0.3, 0.4) is 0 Å². The number of aromatic nitrogens is 1. The fourth-order valence-corrected chi connectivity index (χ4v) is 8.96. The molecule has 3 aliphatic heterocycles. The number of nitrogens with two attached hydrogens (primary N) is 1. The SMILES string of the molecule is CCC(C)C1NC(=O)CNC(=O)C2Cc3c([nH]c4cc(OC)ccc34)S(=O)CC(NC(=O)CNC1=O)C(=O)NC(CC(N)=O)C(=O)N1CC(O)CC1C(=O)NC(C(C)CO)C(=O)N2. The molecule has 5 rings (SSSR count). The topological polar surface area (TPSA) is 350 Å². The van der Waals surface area contributed by atoms with E-state index >= 15 is 0 Å². The molecule has 12 N–H and O–H groups in total. The lowest BCUT2D eigenvalue weighted by Gasteiger charge is -2.31. The summed E-state index contributed by atoms with van der Waals surface area (Å²) in [6.45, 7) is 2.29. The minimum atomic E-state index is -2.31. The molecule has 9 amide bonds. The quantitative estimate of drug-likeness (QED) is 0.124. The van der Waals surface area contributed by atoms with Crippen LogP contribution in [-0.4, -0.2) is 159 Å². The number of methoxy groups -OCH3 is 1. The Morgan fingerprint density at radius 3 is 2.19 bits per heavy atom. The van der Waals surface area contributed by atoms with Gasteiger partial charge in [-0.15, -0.1) is 0 Å². The van der Waals surface area contributed by atoms with Crippen LogP contribution in [-0.2, 0) is 60.4 Å². The minimum Gasteiger partial charge on any atom is -0.497 e. The Morgan fingerprint density at radius 1 is 0.873 bits per heavy atom. The summed E-state index contributed by atoms with van der Waals surface area (Å²) in [5, 5.41) is 38.5. The molecule has 63 heavy (non-hydrogen) atoms. The van der Waals surface area contributed by atoms with E-state index in [1.807, 2.05) is 0 Å². The maximum atomic E-state index is 14.6. The van der Waals surface area contributed by atoms with E-state index in [1.165, 1.54) is 14.0 Å². The molecule has 344 valence electrons. The van der Waals surface area contributed by atoms with Crippen molar-refractivity contribution >= 4 is 74.9 Å². The number of carbonyl (C=O) groups is 9. The van der Waals surface area contributed by atoms with Gasteiger partial charge in [0.1, 0.15) is 47.0 Å². The van der Waals surface area contributed by atoms with Crippen LogP contribution in [0.15, 0.2) is 23.2 Å². The third-order valence-corrected chi connectivity index (χ3v) is 12.7. The van der Waals surface area contributed by atoms with Crippen molar-refractivity contribution in [1.29, 1.82) is 0 Å². The van der Waals surface area contributed by atoms with E-state index in [2.05, 4.69) is 42.2 Å². The van der Waals surface area contributed by atoms with Crippen LogP contribution >= 0.6 is 0 Å². The minimum absolute atomic E-state index is 0.0748. The average molecular weight is 903 g/mol. The van der Waals surface area contributed by atoms with Gasteiger partial charge in [-0.2, -0.15) is 0 Å². The standard InChI is InChI=1S/C39H54N10O13S/c1-5-17(2)31-36(58)42-12-29(53)43-26-16-63(61)38-22(21-7-6-20(62-4)9-23(21)46-38)10-24(33(55)41-13-30(54)47-31)44-37(59)32(18(3)15-50)48-35(57)27-8-19(51)14-49(27)39(60)25(11-28(40)52)45-34(26)56/h6-7,9,17-19,24-27,31-32,46,50-51H,5,8,10-16H2,1-4H3,(H2,40,52)(H,41,55)(H,42,58)(H,43,53)(H,44,59)(H,45,56)(H,47,54)(H,48,57). The van der Waals surface area contributed by atoms with E-state index in [-0.39, 0.29) is 17.0 Å². The number of aliphatic hydroxyl groups is 2. The molecule has 1 fully saturated rings. The highest BCUT2D eigenvalue weighted by atomic mass is 32.2. The normalized spacial score (nSPS) is 28.2. The van der Waals surface area contributed by atoms with Crippen LogP contribution in [0, 0.1) is 11.8 Å². The summed E-state index contributed by atoms with van der Waals surface area (Å²) < 4.78 is 20.0. The molecule has 2 bridgehead atoms. The molecule has 23 nitrogen and oxygen atoms in total. The van der Waals surface area contributed by atoms with Crippen molar-refractivity contribution in [2.75, 3.05) is 39.1 Å². The molecule has 3 aliphatic rings. The number of primary amides is 1. The van der Waals surface area contributed by atoms with Gasteiger partial charge in [0.25, 0.3) is 0 Å². The van der Waals surface area contributed by atoms with Crippen LogP contribution in [0.5, 0.6) is 5.75 Å².